The van der Waals surface area contributed by atoms with Crippen LogP contribution in [0.25, 0.3) is 5.69 Å². The minimum absolute atomic E-state index is 0.00556. The van der Waals surface area contributed by atoms with E-state index in [0.29, 0.717) is 11.1 Å². The van der Waals surface area contributed by atoms with Crippen molar-refractivity contribution in [2.24, 2.45) is 5.92 Å². The summed E-state index contributed by atoms with van der Waals surface area (Å²) >= 11 is 1.21. The van der Waals surface area contributed by atoms with E-state index in [1.165, 1.54) is 24.6 Å². The van der Waals surface area contributed by atoms with Crippen molar-refractivity contribution in [3.63, 3.8) is 0 Å². The molecule has 104 valence electrons. The molecule has 1 fully saturated rings. The maximum absolute atomic E-state index is 10.7. The standard InChI is InChI=1S/C14H15N3O2S/c18-13(19)9-20-14-16-15-12(8-10-6-7-10)17(14)11-4-2-1-3-5-11/h1-5,10H,6-9H2,(H,18,19). The summed E-state index contributed by atoms with van der Waals surface area (Å²) in [4.78, 5) is 10.7. The number of hydrogen-bond donors (Lipinski definition) is 1. The van der Waals surface area contributed by atoms with Crippen molar-refractivity contribution in [1.82, 2.24) is 14.8 Å². The summed E-state index contributed by atoms with van der Waals surface area (Å²) in [7, 11) is 0. The predicted molar refractivity (Wildman–Crippen MR) is 76.1 cm³/mol. The number of rotatable bonds is 6. The largest absolute Gasteiger partial charge is 0.481 e. The number of aromatic nitrogens is 3. The zero-order valence-electron chi connectivity index (χ0n) is 10.9. The lowest BCUT2D eigenvalue weighted by Crippen LogP contribution is -2.05. The minimum atomic E-state index is -0.846. The molecule has 1 saturated carbocycles. The molecule has 0 saturated heterocycles. The maximum Gasteiger partial charge on any atom is 0.313 e. The second-order valence-electron chi connectivity index (χ2n) is 4.90. The van der Waals surface area contributed by atoms with Gasteiger partial charge in [-0.05, 0) is 30.9 Å². The van der Waals surface area contributed by atoms with Gasteiger partial charge in [-0.2, -0.15) is 0 Å². The van der Waals surface area contributed by atoms with Crippen LogP contribution in [0.4, 0.5) is 0 Å². The third-order valence-electron chi connectivity index (χ3n) is 3.21. The van der Waals surface area contributed by atoms with Crippen LogP contribution in [0.2, 0.25) is 0 Å². The average molecular weight is 289 g/mol. The summed E-state index contributed by atoms with van der Waals surface area (Å²) < 4.78 is 1.98. The first-order chi connectivity index (χ1) is 9.74. The first-order valence-electron chi connectivity index (χ1n) is 6.58. The number of aliphatic carboxylic acids is 1. The highest BCUT2D eigenvalue weighted by Gasteiger charge is 2.25. The van der Waals surface area contributed by atoms with Crippen LogP contribution >= 0.6 is 11.8 Å². The molecular formula is C14H15N3O2S. The van der Waals surface area contributed by atoms with Gasteiger partial charge in [0.1, 0.15) is 5.82 Å². The van der Waals surface area contributed by atoms with E-state index in [4.69, 9.17) is 5.11 Å². The van der Waals surface area contributed by atoms with E-state index >= 15 is 0 Å². The molecule has 1 aromatic heterocycles. The van der Waals surface area contributed by atoms with E-state index in [-0.39, 0.29) is 5.75 Å². The van der Waals surface area contributed by atoms with Gasteiger partial charge >= 0.3 is 5.97 Å². The number of nitrogens with zero attached hydrogens (tertiary/aromatic N) is 3. The van der Waals surface area contributed by atoms with Crippen molar-refractivity contribution in [2.45, 2.75) is 24.4 Å². The zero-order chi connectivity index (χ0) is 13.9. The highest BCUT2D eigenvalue weighted by Crippen LogP contribution is 2.33. The SMILES string of the molecule is O=C(O)CSc1nnc(CC2CC2)n1-c1ccccc1. The molecule has 0 atom stereocenters. The van der Waals surface area contributed by atoms with Crippen molar-refractivity contribution in [1.29, 1.82) is 0 Å². The van der Waals surface area contributed by atoms with E-state index in [2.05, 4.69) is 10.2 Å². The number of thioether (sulfide) groups is 1. The first-order valence-corrected chi connectivity index (χ1v) is 7.57. The Kier molecular flexibility index (Phi) is 3.73. The van der Waals surface area contributed by atoms with Crippen molar-refractivity contribution < 1.29 is 9.90 Å². The Morgan fingerprint density at radius 1 is 1.30 bits per heavy atom. The molecule has 1 aliphatic rings. The molecule has 1 aromatic carbocycles. The molecule has 2 aromatic rings. The van der Waals surface area contributed by atoms with Crippen LogP contribution in [0.3, 0.4) is 0 Å². The smallest absolute Gasteiger partial charge is 0.313 e. The van der Waals surface area contributed by atoms with E-state index in [9.17, 15) is 4.79 Å². The molecule has 0 aliphatic heterocycles. The molecule has 1 aliphatic carbocycles. The third kappa shape index (κ3) is 3.01. The number of para-hydroxylation sites is 1. The van der Waals surface area contributed by atoms with E-state index in [0.717, 1.165) is 17.9 Å². The van der Waals surface area contributed by atoms with Crippen LogP contribution in [0.1, 0.15) is 18.7 Å². The van der Waals surface area contributed by atoms with Gasteiger partial charge in [0.15, 0.2) is 5.16 Å². The second-order valence-corrected chi connectivity index (χ2v) is 5.84. The summed E-state index contributed by atoms with van der Waals surface area (Å²) in [5.74, 6) is 0.779. The van der Waals surface area contributed by atoms with Crippen molar-refractivity contribution in [3.8, 4) is 5.69 Å². The van der Waals surface area contributed by atoms with Crippen molar-refractivity contribution in [3.05, 3.63) is 36.2 Å². The summed E-state index contributed by atoms with van der Waals surface area (Å²) in [5, 5.41) is 17.9. The van der Waals surface area contributed by atoms with Crippen LogP contribution in [0.15, 0.2) is 35.5 Å². The van der Waals surface area contributed by atoms with Gasteiger partial charge in [0.2, 0.25) is 0 Å². The summed E-state index contributed by atoms with van der Waals surface area (Å²) in [6.45, 7) is 0. The molecular weight excluding hydrogens is 274 g/mol. The van der Waals surface area contributed by atoms with Crippen LogP contribution in [-0.4, -0.2) is 31.6 Å². The quantitative estimate of drug-likeness (QED) is 0.827. The van der Waals surface area contributed by atoms with Gasteiger partial charge in [0.25, 0.3) is 0 Å². The lowest BCUT2D eigenvalue weighted by atomic mass is 10.2. The molecule has 0 bridgehead atoms. The van der Waals surface area contributed by atoms with Crippen LogP contribution in [0.5, 0.6) is 0 Å². The fourth-order valence-electron chi connectivity index (χ4n) is 2.07. The van der Waals surface area contributed by atoms with Gasteiger partial charge < -0.3 is 5.11 Å². The van der Waals surface area contributed by atoms with E-state index < -0.39 is 5.97 Å². The van der Waals surface area contributed by atoms with Crippen molar-refractivity contribution in [2.75, 3.05) is 5.75 Å². The molecule has 1 N–H and O–H groups in total. The number of hydrogen-bond acceptors (Lipinski definition) is 4. The highest BCUT2D eigenvalue weighted by atomic mass is 32.2. The lowest BCUT2D eigenvalue weighted by Gasteiger charge is -2.09. The topological polar surface area (TPSA) is 68.0 Å². The lowest BCUT2D eigenvalue weighted by molar-refractivity contribution is -0.133. The van der Waals surface area contributed by atoms with E-state index in [1.54, 1.807) is 0 Å². The fourth-order valence-corrected chi connectivity index (χ4v) is 2.76. The Bertz CT molecular complexity index is 608. The van der Waals surface area contributed by atoms with Crippen molar-refractivity contribution >= 4 is 17.7 Å². The normalized spacial score (nSPS) is 14.4. The van der Waals surface area contributed by atoms with Crippen LogP contribution in [0, 0.1) is 5.92 Å². The Balaban J connectivity index is 1.92. The minimum Gasteiger partial charge on any atom is -0.481 e. The number of carbonyl (C=O) groups is 1. The molecule has 0 amide bonds. The number of carboxylic acid groups (broad SMARTS) is 1. The zero-order valence-corrected chi connectivity index (χ0v) is 11.7. The summed E-state index contributed by atoms with van der Waals surface area (Å²) in [6.07, 6.45) is 3.41. The Morgan fingerprint density at radius 3 is 2.70 bits per heavy atom. The average Bonchev–Trinajstić information content (AvgIpc) is 3.17. The van der Waals surface area contributed by atoms with E-state index in [1.807, 2.05) is 34.9 Å². The molecule has 3 rings (SSSR count). The second kappa shape index (κ2) is 5.66. The molecule has 6 heteroatoms. The molecule has 20 heavy (non-hydrogen) atoms. The molecule has 1 heterocycles. The van der Waals surface area contributed by atoms with Crippen LogP contribution < -0.4 is 0 Å². The Labute approximate surface area is 121 Å². The molecule has 0 unspecified atom stereocenters. The third-order valence-corrected chi connectivity index (χ3v) is 4.12. The molecule has 0 spiro atoms. The van der Waals surface area contributed by atoms with Gasteiger partial charge in [-0.15, -0.1) is 10.2 Å². The van der Waals surface area contributed by atoms with Crippen LogP contribution in [-0.2, 0) is 11.2 Å². The number of benzene rings is 1. The van der Waals surface area contributed by atoms with Gasteiger partial charge in [-0.3, -0.25) is 9.36 Å². The number of carboxylic acids is 1. The van der Waals surface area contributed by atoms with Gasteiger partial charge in [0.05, 0.1) is 5.75 Å². The predicted octanol–water partition coefficient (Wildman–Crippen LogP) is 2.40. The molecule has 5 nitrogen and oxygen atoms in total. The summed E-state index contributed by atoms with van der Waals surface area (Å²) in [5.41, 5.74) is 0.987. The monoisotopic (exact) mass is 289 g/mol. The van der Waals surface area contributed by atoms with Gasteiger partial charge in [-0.1, -0.05) is 30.0 Å². The summed E-state index contributed by atoms with van der Waals surface area (Å²) in [6, 6.07) is 9.86. The first kappa shape index (κ1) is 13.2. The maximum atomic E-state index is 10.7. The Morgan fingerprint density at radius 2 is 2.05 bits per heavy atom. The van der Waals surface area contributed by atoms with Gasteiger partial charge in [-0.25, -0.2) is 0 Å². The fraction of sp³-hybridized carbons (Fsp3) is 0.357. The van der Waals surface area contributed by atoms with Gasteiger partial charge in [0, 0.05) is 12.1 Å². The Hall–Kier alpha value is -1.82. The molecule has 0 radical (unpaired) electrons. The highest BCUT2D eigenvalue weighted by molar-refractivity contribution is 7.99.